The summed E-state index contributed by atoms with van der Waals surface area (Å²) in [6.07, 6.45) is 1.02. The third-order valence-corrected chi connectivity index (χ3v) is 3.49. The van der Waals surface area contributed by atoms with Crippen LogP contribution in [0.4, 0.5) is 0 Å². The van der Waals surface area contributed by atoms with Gasteiger partial charge in [-0.05, 0) is 41.8 Å². The molecule has 0 saturated heterocycles. The van der Waals surface area contributed by atoms with Crippen LogP contribution in [-0.4, -0.2) is 17.4 Å². The van der Waals surface area contributed by atoms with Crippen LogP contribution in [0, 0.1) is 12.3 Å². The second kappa shape index (κ2) is 6.34. The summed E-state index contributed by atoms with van der Waals surface area (Å²) in [5, 5.41) is 3.90. The van der Waals surface area contributed by atoms with Gasteiger partial charge < -0.3 is 10.3 Å². The summed E-state index contributed by atoms with van der Waals surface area (Å²) in [6.45, 7) is 8.57. The molecule has 1 aromatic heterocycles. The molecule has 0 radical (unpaired) electrons. The molecule has 0 spiro atoms. The Morgan fingerprint density at radius 1 is 1.23 bits per heavy atom. The number of nitrogens with one attached hydrogen (secondary N) is 2. The van der Waals surface area contributed by atoms with Gasteiger partial charge in [-0.25, -0.2) is 0 Å². The topological polar surface area (TPSA) is 62.0 Å². The quantitative estimate of drug-likeness (QED) is 0.912. The first-order chi connectivity index (χ1) is 10.2. The van der Waals surface area contributed by atoms with Gasteiger partial charge in [0.15, 0.2) is 0 Å². The van der Waals surface area contributed by atoms with E-state index < -0.39 is 0 Å². The van der Waals surface area contributed by atoms with Crippen molar-refractivity contribution in [3.63, 3.8) is 0 Å². The maximum atomic E-state index is 12.1. The fourth-order valence-electron chi connectivity index (χ4n) is 2.43. The van der Waals surface area contributed by atoms with Gasteiger partial charge in [-0.2, -0.15) is 0 Å². The third-order valence-electron chi connectivity index (χ3n) is 3.49. The lowest BCUT2D eigenvalue weighted by Gasteiger charge is -2.17. The normalized spacial score (nSPS) is 11.6. The van der Waals surface area contributed by atoms with Gasteiger partial charge >= 0.3 is 0 Å². The lowest BCUT2D eigenvalue weighted by molar-refractivity contribution is -0.122. The maximum Gasteiger partial charge on any atom is 0.251 e. The first-order valence-corrected chi connectivity index (χ1v) is 7.64. The largest absolute Gasteiger partial charge is 0.356 e. The standard InChI is InChI=1S/C18H24N2O2/c1-12-5-6-13-10-14(17(22)20-15(13)9-12)7-8-19-16(21)11-18(2,3)4/h5-6,9-10H,7-8,11H2,1-4H3,(H,19,21)(H,20,22). The number of hydrogen-bond donors (Lipinski definition) is 2. The van der Waals surface area contributed by atoms with E-state index in [0.717, 1.165) is 16.5 Å². The van der Waals surface area contributed by atoms with Crippen molar-refractivity contribution in [3.05, 3.63) is 45.7 Å². The number of rotatable bonds is 4. The number of hydrogen-bond acceptors (Lipinski definition) is 2. The number of aryl methyl sites for hydroxylation is 1. The van der Waals surface area contributed by atoms with E-state index in [9.17, 15) is 9.59 Å². The predicted octanol–water partition coefficient (Wildman–Crippen LogP) is 2.93. The zero-order chi connectivity index (χ0) is 16.3. The molecule has 4 heteroatoms. The van der Waals surface area contributed by atoms with E-state index in [1.165, 1.54) is 0 Å². The Morgan fingerprint density at radius 2 is 1.95 bits per heavy atom. The lowest BCUT2D eigenvalue weighted by Crippen LogP contribution is -2.30. The number of benzene rings is 1. The molecule has 0 atom stereocenters. The van der Waals surface area contributed by atoms with Crippen molar-refractivity contribution in [3.8, 4) is 0 Å². The number of aromatic amines is 1. The van der Waals surface area contributed by atoms with Crippen molar-refractivity contribution < 1.29 is 4.79 Å². The van der Waals surface area contributed by atoms with Crippen molar-refractivity contribution >= 4 is 16.8 Å². The third kappa shape index (κ3) is 4.45. The van der Waals surface area contributed by atoms with Crippen LogP contribution in [0.3, 0.4) is 0 Å². The number of H-pyrrole nitrogens is 1. The average molecular weight is 300 g/mol. The van der Waals surface area contributed by atoms with Crippen LogP contribution >= 0.6 is 0 Å². The minimum Gasteiger partial charge on any atom is -0.356 e. The van der Waals surface area contributed by atoms with Crippen molar-refractivity contribution in [2.75, 3.05) is 6.54 Å². The summed E-state index contributed by atoms with van der Waals surface area (Å²) in [7, 11) is 0. The number of carbonyl (C=O) groups excluding carboxylic acids is 1. The number of amides is 1. The predicted molar refractivity (Wildman–Crippen MR) is 90.1 cm³/mol. The van der Waals surface area contributed by atoms with E-state index in [-0.39, 0.29) is 16.9 Å². The molecule has 1 amide bonds. The van der Waals surface area contributed by atoms with Gasteiger partial charge in [-0.15, -0.1) is 0 Å². The van der Waals surface area contributed by atoms with E-state index in [2.05, 4.69) is 10.3 Å². The molecule has 4 nitrogen and oxygen atoms in total. The monoisotopic (exact) mass is 300 g/mol. The molecule has 118 valence electrons. The van der Waals surface area contributed by atoms with Crippen molar-refractivity contribution in [1.82, 2.24) is 10.3 Å². The van der Waals surface area contributed by atoms with Crippen molar-refractivity contribution in [2.45, 2.75) is 40.5 Å². The highest BCUT2D eigenvalue weighted by atomic mass is 16.1. The summed E-state index contributed by atoms with van der Waals surface area (Å²) in [5.74, 6) is 0.0281. The smallest absolute Gasteiger partial charge is 0.251 e. The molecule has 22 heavy (non-hydrogen) atoms. The maximum absolute atomic E-state index is 12.1. The molecule has 0 saturated carbocycles. The first-order valence-electron chi connectivity index (χ1n) is 7.64. The number of fused-ring (bicyclic) bond motifs is 1. The summed E-state index contributed by atoms with van der Waals surface area (Å²) >= 11 is 0. The summed E-state index contributed by atoms with van der Waals surface area (Å²) in [6, 6.07) is 7.90. The molecule has 2 N–H and O–H groups in total. The number of pyridine rings is 1. The Balaban J connectivity index is 2.03. The summed E-state index contributed by atoms with van der Waals surface area (Å²) in [4.78, 5) is 26.8. The van der Waals surface area contributed by atoms with Crippen LogP contribution in [0.2, 0.25) is 0 Å². The molecule has 1 aromatic carbocycles. The van der Waals surface area contributed by atoms with E-state index in [1.54, 1.807) is 0 Å². The first kappa shape index (κ1) is 16.3. The summed E-state index contributed by atoms with van der Waals surface area (Å²) in [5.41, 5.74) is 2.56. The molecule has 0 bridgehead atoms. The van der Waals surface area contributed by atoms with Crippen LogP contribution in [0.1, 0.15) is 38.3 Å². The molecule has 0 fully saturated rings. The zero-order valence-electron chi connectivity index (χ0n) is 13.7. The fraction of sp³-hybridized carbons (Fsp3) is 0.444. The number of aromatic nitrogens is 1. The Labute approximate surface area is 130 Å². The lowest BCUT2D eigenvalue weighted by atomic mass is 9.92. The highest BCUT2D eigenvalue weighted by Gasteiger charge is 2.15. The van der Waals surface area contributed by atoms with Gasteiger partial charge in [0, 0.05) is 24.0 Å². The van der Waals surface area contributed by atoms with Gasteiger partial charge in [-0.3, -0.25) is 9.59 Å². The highest BCUT2D eigenvalue weighted by Crippen LogP contribution is 2.17. The SMILES string of the molecule is Cc1ccc2cc(CCNC(=O)CC(C)(C)C)c(=O)[nH]c2c1. The van der Waals surface area contributed by atoms with Gasteiger partial charge in [0.2, 0.25) is 5.91 Å². The van der Waals surface area contributed by atoms with E-state index in [1.807, 2.05) is 52.0 Å². The van der Waals surface area contributed by atoms with Crippen LogP contribution in [0.25, 0.3) is 10.9 Å². The molecule has 2 aromatic rings. The van der Waals surface area contributed by atoms with Crippen molar-refractivity contribution in [2.24, 2.45) is 5.41 Å². The molecule has 0 aliphatic heterocycles. The van der Waals surface area contributed by atoms with Gasteiger partial charge in [-0.1, -0.05) is 32.9 Å². The van der Waals surface area contributed by atoms with Crippen molar-refractivity contribution in [1.29, 1.82) is 0 Å². The molecule has 0 aliphatic carbocycles. The highest BCUT2D eigenvalue weighted by molar-refractivity contribution is 5.79. The van der Waals surface area contributed by atoms with Gasteiger partial charge in [0.05, 0.1) is 0 Å². The molecule has 0 aliphatic rings. The molecular formula is C18H24N2O2. The van der Waals surface area contributed by atoms with Crippen LogP contribution < -0.4 is 10.9 Å². The molecule has 0 unspecified atom stereocenters. The van der Waals surface area contributed by atoms with Crippen LogP contribution in [0.5, 0.6) is 0 Å². The Hall–Kier alpha value is -2.10. The second-order valence-corrected chi connectivity index (χ2v) is 7.05. The second-order valence-electron chi connectivity index (χ2n) is 7.05. The minimum atomic E-state index is -0.0804. The van der Waals surface area contributed by atoms with E-state index in [0.29, 0.717) is 24.9 Å². The van der Waals surface area contributed by atoms with E-state index >= 15 is 0 Å². The zero-order valence-corrected chi connectivity index (χ0v) is 13.7. The number of carbonyl (C=O) groups is 1. The summed E-state index contributed by atoms with van der Waals surface area (Å²) < 4.78 is 0. The Bertz CT molecular complexity index is 739. The van der Waals surface area contributed by atoms with Crippen LogP contribution in [-0.2, 0) is 11.2 Å². The van der Waals surface area contributed by atoms with Gasteiger partial charge in [0.1, 0.15) is 0 Å². The molecule has 1 heterocycles. The minimum absolute atomic E-state index is 0.0254. The van der Waals surface area contributed by atoms with E-state index in [4.69, 9.17) is 0 Å². The fourth-order valence-corrected chi connectivity index (χ4v) is 2.43. The Kier molecular flexibility index (Phi) is 4.69. The average Bonchev–Trinajstić information content (AvgIpc) is 2.37. The molecule has 2 rings (SSSR count). The van der Waals surface area contributed by atoms with Crippen LogP contribution in [0.15, 0.2) is 29.1 Å². The Morgan fingerprint density at radius 3 is 2.64 bits per heavy atom. The van der Waals surface area contributed by atoms with Gasteiger partial charge in [0.25, 0.3) is 5.56 Å². The molecular weight excluding hydrogens is 276 g/mol.